The summed E-state index contributed by atoms with van der Waals surface area (Å²) >= 11 is 0. The monoisotopic (exact) mass is 452 g/mol. The maximum atomic E-state index is 12.8. The highest BCUT2D eigenvalue weighted by Crippen LogP contribution is 2.38. The van der Waals surface area contributed by atoms with Crippen molar-refractivity contribution in [2.45, 2.75) is 47.9 Å². The van der Waals surface area contributed by atoms with Gasteiger partial charge in [0.25, 0.3) is 0 Å². The van der Waals surface area contributed by atoms with Crippen LogP contribution in [0.4, 0.5) is 13.2 Å². The number of aryl methyl sites for hydroxylation is 2. The van der Waals surface area contributed by atoms with Crippen molar-refractivity contribution in [1.29, 1.82) is 0 Å². The van der Waals surface area contributed by atoms with Crippen LogP contribution in [0.3, 0.4) is 0 Å². The SMILES string of the molecule is Cc1noc(C)c1S(=O)(=O)NCC1CC(S(=O)(=O)c2cccc(C(F)(F)F)c2)C1. The molecule has 1 heterocycles. The van der Waals surface area contributed by atoms with Crippen molar-refractivity contribution in [2.75, 3.05) is 6.54 Å². The molecule has 0 unspecified atom stereocenters. The number of sulfonamides is 1. The molecule has 7 nitrogen and oxygen atoms in total. The molecule has 1 aromatic carbocycles. The lowest BCUT2D eigenvalue weighted by molar-refractivity contribution is -0.137. The maximum absolute atomic E-state index is 12.8. The van der Waals surface area contributed by atoms with E-state index in [4.69, 9.17) is 4.52 Å². The minimum atomic E-state index is -4.63. The van der Waals surface area contributed by atoms with E-state index in [0.717, 1.165) is 18.2 Å². The zero-order valence-corrected chi connectivity index (χ0v) is 17.2. The van der Waals surface area contributed by atoms with E-state index < -0.39 is 36.9 Å². The van der Waals surface area contributed by atoms with Crippen LogP contribution >= 0.6 is 0 Å². The summed E-state index contributed by atoms with van der Waals surface area (Å²) in [6.45, 7) is 2.97. The van der Waals surface area contributed by atoms with Gasteiger partial charge in [0.05, 0.1) is 15.7 Å². The zero-order valence-electron chi connectivity index (χ0n) is 15.5. The quantitative estimate of drug-likeness (QED) is 0.723. The van der Waals surface area contributed by atoms with Gasteiger partial charge in [-0.3, -0.25) is 0 Å². The molecule has 29 heavy (non-hydrogen) atoms. The van der Waals surface area contributed by atoms with Crippen LogP contribution < -0.4 is 4.72 Å². The van der Waals surface area contributed by atoms with Crippen molar-refractivity contribution in [1.82, 2.24) is 9.88 Å². The molecule has 2 aromatic rings. The van der Waals surface area contributed by atoms with Gasteiger partial charge < -0.3 is 4.52 Å². The van der Waals surface area contributed by atoms with Crippen LogP contribution in [0.2, 0.25) is 0 Å². The fourth-order valence-electron chi connectivity index (χ4n) is 3.29. The Bertz CT molecular complexity index is 1100. The van der Waals surface area contributed by atoms with Crippen LogP contribution in [0.1, 0.15) is 29.9 Å². The number of nitrogens with zero attached hydrogens (tertiary/aromatic N) is 1. The lowest BCUT2D eigenvalue weighted by Gasteiger charge is -2.34. The predicted molar refractivity (Wildman–Crippen MR) is 96.3 cm³/mol. The third kappa shape index (κ3) is 4.33. The lowest BCUT2D eigenvalue weighted by atomic mass is 9.85. The number of hydrogen-bond acceptors (Lipinski definition) is 6. The molecule has 1 aromatic heterocycles. The smallest absolute Gasteiger partial charge is 0.360 e. The number of alkyl halides is 3. The summed E-state index contributed by atoms with van der Waals surface area (Å²) in [5.74, 6) is -0.0931. The van der Waals surface area contributed by atoms with Crippen molar-refractivity contribution in [3.8, 4) is 0 Å². The van der Waals surface area contributed by atoms with Crippen molar-refractivity contribution in [2.24, 2.45) is 5.92 Å². The molecule has 1 saturated carbocycles. The summed E-state index contributed by atoms with van der Waals surface area (Å²) < 4.78 is 95.7. The molecule has 1 aliphatic carbocycles. The van der Waals surface area contributed by atoms with Crippen LogP contribution in [-0.2, 0) is 26.0 Å². The number of sulfone groups is 1. The van der Waals surface area contributed by atoms with E-state index in [-0.39, 0.29) is 46.5 Å². The zero-order chi connectivity index (χ0) is 21.6. The first-order valence-electron chi connectivity index (χ1n) is 8.66. The number of halogens is 3. The minimum Gasteiger partial charge on any atom is -0.360 e. The lowest BCUT2D eigenvalue weighted by Crippen LogP contribution is -2.42. The van der Waals surface area contributed by atoms with Crippen molar-refractivity contribution >= 4 is 19.9 Å². The van der Waals surface area contributed by atoms with E-state index in [1.54, 1.807) is 0 Å². The van der Waals surface area contributed by atoms with Crippen LogP contribution in [0.15, 0.2) is 38.6 Å². The first kappa shape index (κ1) is 21.8. The Hall–Kier alpha value is -1.92. The molecule has 0 radical (unpaired) electrons. The van der Waals surface area contributed by atoms with Gasteiger partial charge in [-0.15, -0.1) is 0 Å². The predicted octanol–water partition coefficient (Wildman–Crippen LogP) is 2.84. The van der Waals surface area contributed by atoms with E-state index in [9.17, 15) is 30.0 Å². The fraction of sp³-hybridized carbons (Fsp3) is 0.471. The summed E-state index contributed by atoms with van der Waals surface area (Å²) in [5, 5.41) is 2.74. The number of benzene rings is 1. The van der Waals surface area contributed by atoms with E-state index in [1.807, 2.05) is 0 Å². The summed E-state index contributed by atoms with van der Waals surface area (Å²) in [4.78, 5) is -0.433. The van der Waals surface area contributed by atoms with Gasteiger partial charge in [0.1, 0.15) is 10.6 Å². The van der Waals surface area contributed by atoms with E-state index >= 15 is 0 Å². The van der Waals surface area contributed by atoms with Crippen molar-refractivity contribution < 1.29 is 34.5 Å². The Morgan fingerprint density at radius 2 is 1.83 bits per heavy atom. The van der Waals surface area contributed by atoms with Gasteiger partial charge in [0.15, 0.2) is 15.6 Å². The molecule has 12 heteroatoms. The average molecular weight is 452 g/mol. The molecule has 0 saturated heterocycles. The molecular formula is C17H19F3N2O5S2. The molecule has 160 valence electrons. The number of nitrogens with one attached hydrogen (secondary N) is 1. The first-order valence-corrected chi connectivity index (χ1v) is 11.7. The van der Waals surface area contributed by atoms with Gasteiger partial charge in [-0.1, -0.05) is 11.2 Å². The Morgan fingerprint density at radius 3 is 2.38 bits per heavy atom. The molecule has 1 aliphatic rings. The summed E-state index contributed by atoms with van der Waals surface area (Å²) in [6, 6.07) is 3.64. The molecule has 0 aliphatic heterocycles. The minimum absolute atomic E-state index is 0.0149. The topological polar surface area (TPSA) is 106 Å². The Morgan fingerprint density at radius 1 is 1.17 bits per heavy atom. The third-order valence-electron chi connectivity index (χ3n) is 4.92. The molecule has 0 atom stereocenters. The third-order valence-corrected chi connectivity index (χ3v) is 8.76. The first-order chi connectivity index (χ1) is 13.3. The standard InChI is InChI=1S/C17H19F3N2O5S2/c1-10-16(11(2)27-22-10)29(25,26)21-9-12-6-15(7-12)28(23,24)14-5-3-4-13(8-14)17(18,19)20/h3-5,8,12,15,21H,6-7,9H2,1-2H3. The van der Waals surface area contributed by atoms with E-state index in [1.165, 1.54) is 13.8 Å². The van der Waals surface area contributed by atoms with Crippen LogP contribution in [-0.4, -0.2) is 33.8 Å². The van der Waals surface area contributed by atoms with Crippen LogP contribution in [0.25, 0.3) is 0 Å². The number of aromatic nitrogens is 1. The second-order valence-corrected chi connectivity index (χ2v) is 11.0. The van der Waals surface area contributed by atoms with Gasteiger partial charge in [-0.2, -0.15) is 13.2 Å². The Labute approximate surface area is 166 Å². The fourth-order valence-corrected chi connectivity index (χ4v) is 6.73. The average Bonchev–Trinajstić information content (AvgIpc) is 2.92. The van der Waals surface area contributed by atoms with Gasteiger partial charge in [0.2, 0.25) is 10.0 Å². The second-order valence-electron chi connectivity index (χ2n) is 7.04. The molecule has 1 fully saturated rings. The number of hydrogen-bond donors (Lipinski definition) is 1. The van der Waals surface area contributed by atoms with Gasteiger partial charge in [-0.25, -0.2) is 21.6 Å². The number of rotatable bonds is 6. The van der Waals surface area contributed by atoms with Crippen LogP contribution in [0.5, 0.6) is 0 Å². The second kappa shape index (κ2) is 7.40. The summed E-state index contributed by atoms with van der Waals surface area (Å²) in [5.41, 5.74) is -0.810. The van der Waals surface area contributed by atoms with Gasteiger partial charge in [0, 0.05) is 6.54 Å². The van der Waals surface area contributed by atoms with Gasteiger partial charge >= 0.3 is 6.18 Å². The highest BCUT2D eigenvalue weighted by Gasteiger charge is 2.41. The normalized spacial score (nSPS) is 20.4. The largest absolute Gasteiger partial charge is 0.416 e. The molecule has 3 rings (SSSR count). The Kier molecular flexibility index (Phi) is 5.56. The van der Waals surface area contributed by atoms with E-state index in [2.05, 4.69) is 9.88 Å². The van der Waals surface area contributed by atoms with Crippen molar-refractivity contribution in [3.05, 3.63) is 41.3 Å². The highest BCUT2D eigenvalue weighted by molar-refractivity contribution is 7.92. The molecule has 1 N–H and O–H groups in total. The molecular weight excluding hydrogens is 433 g/mol. The van der Waals surface area contributed by atoms with Crippen LogP contribution in [0, 0.1) is 19.8 Å². The molecule has 0 bridgehead atoms. The maximum Gasteiger partial charge on any atom is 0.416 e. The van der Waals surface area contributed by atoms with E-state index in [0.29, 0.717) is 6.07 Å². The Balaban J connectivity index is 1.64. The molecule has 0 amide bonds. The van der Waals surface area contributed by atoms with Gasteiger partial charge in [-0.05, 0) is 50.8 Å². The summed E-state index contributed by atoms with van der Waals surface area (Å²) in [7, 11) is -7.79. The van der Waals surface area contributed by atoms with Crippen molar-refractivity contribution in [3.63, 3.8) is 0 Å². The molecule has 0 spiro atoms. The highest BCUT2D eigenvalue weighted by atomic mass is 32.2. The summed E-state index contributed by atoms with van der Waals surface area (Å²) in [6.07, 6.45) is -4.32.